The number of halogens is 2. The van der Waals surface area contributed by atoms with Crippen molar-refractivity contribution in [2.24, 2.45) is 5.92 Å². The van der Waals surface area contributed by atoms with Crippen LogP contribution in [0.15, 0.2) is 12.1 Å². The zero-order chi connectivity index (χ0) is 22.4. The van der Waals surface area contributed by atoms with Crippen LogP contribution in [-0.2, 0) is 11.2 Å². The van der Waals surface area contributed by atoms with Crippen molar-refractivity contribution in [3.05, 3.63) is 23.3 Å². The molecule has 5 nitrogen and oxygen atoms in total. The highest BCUT2D eigenvalue weighted by Gasteiger charge is 2.44. The summed E-state index contributed by atoms with van der Waals surface area (Å²) in [6.45, 7) is 7.56. The quantitative estimate of drug-likeness (QED) is 0.739. The highest BCUT2D eigenvalue weighted by atomic mass is 19.3. The largest absolute Gasteiger partial charge is 0.493 e. The molecule has 1 aliphatic carbocycles. The summed E-state index contributed by atoms with van der Waals surface area (Å²) in [7, 11) is 1.57. The maximum atomic E-state index is 14.0. The van der Waals surface area contributed by atoms with Gasteiger partial charge in [-0.15, -0.1) is 0 Å². The van der Waals surface area contributed by atoms with Gasteiger partial charge in [-0.25, -0.2) is 8.78 Å². The zero-order valence-electron chi connectivity index (χ0n) is 19.0. The molecule has 1 aromatic carbocycles. The Balaban J connectivity index is 1.51. The van der Waals surface area contributed by atoms with Gasteiger partial charge in [-0.2, -0.15) is 0 Å². The van der Waals surface area contributed by atoms with Crippen molar-refractivity contribution in [3.8, 4) is 11.5 Å². The van der Waals surface area contributed by atoms with E-state index in [1.165, 1.54) is 0 Å². The summed E-state index contributed by atoms with van der Waals surface area (Å²) in [4.78, 5) is 2.37. The van der Waals surface area contributed by atoms with E-state index in [1.54, 1.807) is 7.11 Å². The molecule has 3 aliphatic rings. The van der Waals surface area contributed by atoms with Crippen molar-refractivity contribution in [2.75, 3.05) is 26.8 Å². The molecule has 1 unspecified atom stereocenters. The van der Waals surface area contributed by atoms with Crippen LogP contribution in [0.4, 0.5) is 8.78 Å². The number of nitrogens with zero attached hydrogens (tertiary/aromatic N) is 1. The first kappa shape index (κ1) is 22.7. The van der Waals surface area contributed by atoms with E-state index in [0.29, 0.717) is 37.3 Å². The lowest BCUT2D eigenvalue weighted by Gasteiger charge is -2.46. The number of methoxy groups -OCH3 is 1. The van der Waals surface area contributed by atoms with E-state index < -0.39 is 17.9 Å². The minimum atomic E-state index is -2.65. The van der Waals surface area contributed by atoms with Gasteiger partial charge in [-0.1, -0.05) is 0 Å². The highest BCUT2D eigenvalue weighted by molar-refractivity contribution is 5.49. The van der Waals surface area contributed by atoms with E-state index in [2.05, 4.69) is 4.90 Å². The van der Waals surface area contributed by atoms with Gasteiger partial charge in [0.05, 0.1) is 37.4 Å². The summed E-state index contributed by atoms with van der Waals surface area (Å²) in [6.07, 6.45) is 1.65. The number of ether oxygens (including phenoxy) is 3. The molecule has 0 spiro atoms. The molecule has 0 aromatic heterocycles. The van der Waals surface area contributed by atoms with Gasteiger partial charge in [0.15, 0.2) is 11.5 Å². The highest BCUT2D eigenvalue weighted by Crippen LogP contribution is 2.44. The molecule has 1 aromatic rings. The van der Waals surface area contributed by atoms with E-state index in [0.717, 1.165) is 24.1 Å². The maximum Gasteiger partial charge on any atom is 0.254 e. The van der Waals surface area contributed by atoms with Gasteiger partial charge in [-0.05, 0) is 69.7 Å². The molecule has 0 amide bonds. The third kappa shape index (κ3) is 4.83. The van der Waals surface area contributed by atoms with Gasteiger partial charge in [-0.3, -0.25) is 4.90 Å². The molecule has 31 heavy (non-hydrogen) atoms. The van der Waals surface area contributed by atoms with Crippen LogP contribution in [0.5, 0.6) is 11.5 Å². The van der Waals surface area contributed by atoms with E-state index >= 15 is 0 Å². The number of fused-ring (bicyclic) bond motifs is 3. The predicted octanol–water partition coefficient (Wildman–Crippen LogP) is 4.36. The number of rotatable bonds is 5. The number of aliphatic hydroxyl groups excluding tert-OH is 1. The topological polar surface area (TPSA) is 51.2 Å². The molecular formula is C24H35F2NO4. The Labute approximate surface area is 183 Å². The van der Waals surface area contributed by atoms with Gasteiger partial charge in [0, 0.05) is 25.6 Å². The van der Waals surface area contributed by atoms with Gasteiger partial charge in [0.1, 0.15) is 0 Å². The lowest BCUT2D eigenvalue weighted by Crippen LogP contribution is -2.53. The number of piperidine rings is 1. The van der Waals surface area contributed by atoms with Crippen LogP contribution in [0.25, 0.3) is 0 Å². The van der Waals surface area contributed by atoms with Crippen molar-refractivity contribution in [2.45, 2.75) is 82.6 Å². The molecule has 0 radical (unpaired) electrons. The lowest BCUT2D eigenvalue weighted by atomic mass is 9.84. The Morgan fingerprint density at radius 1 is 1.23 bits per heavy atom. The molecule has 1 saturated heterocycles. The van der Waals surface area contributed by atoms with Crippen LogP contribution in [0.1, 0.15) is 63.6 Å². The number of hydrogen-bond donors (Lipinski definition) is 1. The maximum absolute atomic E-state index is 14.0. The van der Waals surface area contributed by atoms with Gasteiger partial charge in [0.2, 0.25) is 0 Å². The Hall–Kier alpha value is -1.44. The molecular weight excluding hydrogens is 404 g/mol. The van der Waals surface area contributed by atoms with E-state index in [4.69, 9.17) is 14.2 Å². The zero-order valence-corrected chi connectivity index (χ0v) is 19.0. The SMILES string of the molecule is COc1cc2c(cc1OCC1CCCC1(F)F)CCN1C[C@@H](OC(C)(C)C)[C@H](O)C[C@H]21. The summed E-state index contributed by atoms with van der Waals surface area (Å²) in [5.41, 5.74) is 1.95. The third-order valence-electron chi connectivity index (χ3n) is 6.81. The van der Waals surface area contributed by atoms with Crippen LogP contribution in [-0.4, -0.2) is 60.5 Å². The molecule has 2 fully saturated rings. The first-order valence-electron chi connectivity index (χ1n) is 11.4. The van der Waals surface area contributed by atoms with Gasteiger partial charge >= 0.3 is 0 Å². The van der Waals surface area contributed by atoms with Crippen molar-refractivity contribution in [1.82, 2.24) is 4.90 Å². The fourth-order valence-corrected chi connectivity index (χ4v) is 5.23. The second-order valence-corrected chi connectivity index (χ2v) is 10.2. The fourth-order valence-electron chi connectivity index (χ4n) is 5.23. The molecule has 7 heteroatoms. The molecule has 1 saturated carbocycles. The Morgan fingerprint density at radius 3 is 2.65 bits per heavy atom. The number of aliphatic hydroxyl groups is 1. The summed E-state index contributed by atoms with van der Waals surface area (Å²) < 4.78 is 45.4. The molecule has 174 valence electrons. The molecule has 4 rings (SSSR count). The second-order valence-electron chi connectivity index (χ2n) is 10.2. The number of hydrogen-bond acceptors (Lipinski definition) is 5. The number of alkyl halides is 2. The van der Waals surface area contributed by atoms with Crippen LogP contribution in [0.2, 0.25) is 0 Å². The van der Waals surface area contributed by atoms with Crippen LogP contribution in [0, 0.1) is 5.92 Å². The third-order valence-corrected chi connectivity index (χ3v) is 6.81. The monoisotopic (exact) mass is 439 g/mol. The first-order valence-corrected chi connectivity index (χ1v) is 11.4. The lowest BCUT2D eigenvalue weighted by molar-refractivity contribution is -0.149. The summed E-state index contributed by atoms with van der Waals surface area (Å²) >= 11 is 0. The standard InChI is InChI=1S/C24H35F2NO4/c1-23(2,3)31-22-13-27-9-7-15-10-21(30-14-16-6-5-8-24(16,25)26)20(29-4)11-17(15)18(27)12-19(22)28/h10-11,16,18-19,22,28H,5-9,12-14H2,1-4H3/t16?,18-,19-,22-/m1/s1. The summed E-state index contributed by atoms with van der Waals surface area (Å²) in [5.74, 6) is -2.30. The predicted molar refractivity (Wildman–Crippen MR) is 114 cm³/mol. The van der Waals surface area contributed by atoms with Crippen molar-refractivity contribution < 1.29 is 28.1 Å². The normalized spacial score (nSPS) is 30.5. The first-order chi connectivity index (χ1) is 14.6. The average Bonchev–Trinajstić information content (AvgIpc) is 3.03. The van der Waals surface area contributed by atoms with E-state index in [-0.39, 0.29) is 30.8 Å². The van der Waals surface area contributed by atoms with Crippen molar-refractivity contribution >= 4 is 0 Å². The Kier molecular flexibility index (Phi) is 6.23. The van der Waals surface area contributed by atoms with E-state index in [1.807, 2.05) is 32.9 Å². The van der Waals surface area contributed by atoms with Crippen molar-refractivity contribution in [3.63, 3.8) is 0 Å². The molecule has 0 bridgehead atoms. The molecule has 1 N–H and O–H groups in total. The van der Waals surface area contributed by atoms with Gasteiger partial charge < -0.3 is 19.3 Å². The summed E-state index contributed by atoms with van der Waals surface area (Å²) in [5, 5.41) is 10.8. The van der Waals surface area contributed by atoms with Gasteiger partial charge in [0.25, 0.3) is 5.92 Å². The number of benzene rings is 1. The Morgan fingerprint density at radius 2 is 2.00 bits per heavy atom. The van der Waals surface area contributed by atoms with E-state index in [9.17, 15) is 13.9 Å². The molecule has 2 heterocycles. The minimum absolute atomic E-state index is 0.00222. The van der Waals surface area contributed by atoms with Crippen LogP contribution in [0.3, 0.4) is 0 Å². The second kappa shape index (κ2) is 8.49. The van der Waals surface area contributed by atoms with Crippen LogP contribution < -0.4 is 9.47 Å². The van der Waals surface area contributed by atoms with Crippen LogP contribution >= 0.6 is 0 Å². The fraction of sp³-hybridized carbons (Fsp3) is 0.750. The van der Waals surface area contributed by atoms with Crippen molar-refractivity contribution in [1.29, 1.82) is 0 Å². The molecule has 4 atom stereocenters. The smallest absolute Gasteiger partial charge is 0.254 e. The average molecular weight is 440 g/mol. The Bertz CT molecular complexity index is 795. The summed E-state index contributed by atoms with van der Waals surface area (Å²) in [6, 6.07) is 4.00. The minimum Gasteiger partial charge on any atom is -0.493 e. The molecule has 2 aliphatic heterocycles.